The van der Waals surface area contributed by atoms with Gasteiger partial charge in [-0.2, -0.15) is 0 Å². The van der Waals surface area contributed by atoms with Crippen molar-refractivity contribution in [2.45, 2.75) is 24.5 Å². The van der Waals surface area contributed by atoms with Crippen molar-refractivity contribution >= 4 is 11.6 Å². The van der Waals surface area contributed by atoms with Crippen LogP contribution in [0.5, 0.6) is 46.0 Å². The maximum absolute atomic E-state index is 14.1. The second-order valence-corrected chi connectivity index (χ2v) is 9.67. The molecule has 0 aliphatic carbocycles. The zero-order chi connectivity index (χ0) is 28.3. The van der Waals surface area contributed by atoms with Crippen LogP contribution in [0.3, 0.4) is 0 Å². The Bertz CT molecular complexity index is 1670. The number of hydrogen-bond acceptors (Lipinski definition) is 10. The van der Waals surface area contributed by atoms with Gasteiger partial charge < -0.3 is 40.1 Å². The predicted molar refractivity (Wildman–Crippen MR) is 139 cm³/mol. The molecule has 6 N–H and O–H groups in total. The zero-order valence-corrected chi connectivity index (χ0v) is 20.6. The molecule has 0 saturated heterocycles. The van der Waals surface area contributed by atoms with Gasteiger partial charge in [-0.3, -0.25) is 9.59 Å². The van der Waals surface area contributed by atoms with Gasteiger partial charge in [0.15, 0.2) is 11.6 Å². The van der Waals surface area contributed by atoms with E-state index in [1.165, 1.54) is 42.5 Å². The minimum atomic E-state index is -1.40. The van der Waals surface area contributed by atoms with Gasteiger partial charge >= 0.3 is 0 Å². The van der Waals surface area contributed by atoms with E-state index in [1.807, 2.05) is 0 Å². The van der Waals surface area contributed by atoms with Gasteiger partial charge in [-0.25, -0.2) is 0 Å². The third-order valence-corrected chi connectivity index (χ3v) is 7.14. The van der Waals surface area contributed by atoms with Crippen LogP contribution in [-0.2, 0) is 0 Å². The summed E-state index contributed by atoms with van der Waals surface area (Å²) in [6.45, 7) is 0. The number of carbonyl (C=O) groups is 2. The smallest absolute Gasteiger partial charge is 0.182 e. The molecule has 0 spiro atoms. The third-order valence-electron chi connectivity index (χ3n) is 7.14. The van der Waals surface area contributed by atoms with E-state index in [1.54, 1.807) is 12.1 Å². The Morgan fingerprint density at radius 1 is 0.625 bits per heavy atom. The number of ketones is 2. The molecule has 0 amide bonds. The van der Waals surface area contributed by atoms with E-state index in [-0.39, 0.29) is 51.9 Å². The number of hydrogen-bond donors (Lipinski definition) is 6. The highest BCUT2D eigenvalue weighted by molar-refractivity contribution is 6.09. The van der Waals surface area contributed by atoms with Crippen molar-refractivity contribution < 1.29 is 49.7 Å². The number of ether oxygens (including phenoxy) is 2. The van der Waals surface area contributed by atoms with Gasteiger partial charge in [-0.1, -0.05) is 24.3 Å². The number of phenols is 6. The zero-order valence-electron chi connectivity index (χ0n) is 20.6. The van der Waals surface area contributed by atoms with Crippen molar-refractivity contribution in [3.63, 3.8) is 0 Å². The first kappa shape index (κ1) is 24.9. The van der Waals surface area contributed by atoms with Crippen LogP contribution in [0.2, 0.25) is 0 Å². The topological polar surface area (TPSA) is 174 Å². The minimum absolute atomic E-state index is 0.00784. The van der Waals surface area contributed by atoms with Crippen LogP contribution < -0.4 is 9.47 Å². The van der Waals surface area contributed by atoms with E-state index < -0.39 is 46.9 Å². The largest absolute Gasteiger partial charge is 0.508 e. The molecule has 40 heavy (non-hydrogen) atoms. The van der Waals surface area contributed by atoms with Crippen LogP contribution in [0.4, 0.5) is 0 Å². The highest BCUT2D eigenvalue weighted by Gasteiger charge is 2.46. The predicted octanol–water partition coefficient (Wildman–Crippen LogP) is 4.73. The average molecular weight is 542 g/mol. The lowest BCUT2D eigenvalue weighted by Crippen LogP contribution is -2.32. The van der Waals surface area contributed by atoms with Crippen LogP contribution in [0.1, 0.15) is 62.0 Å². The molecule has 0 radical (unpaired) electrons. The van der Waals surface area contributed by atoms with Gasteiger partial charge in [0.05, 0.1) is 17.9 Å². The number of aromatic hydroxyl groups is 6. The SMILES string of the molecule is O=C1C[C@@H](c2ccc(O)cc2)Oc2c1c(O)cc(O)c2[C@@H]1C(=O)c2c(O)cc(O)cc2O[C@H]1c1ccc(O)cc1. The Balaban J connectivity index is 1.57. The Morgan fingerprint density at radius 2 is 1.23 bits per heavy atom. The van der Waals surface area contributed by atoms with Gasteiger partial charge in [0.1, 0.15) is 69.3 Å². The number of phenolic OH excluding ortho intramolecular Hbond substituents is 6. The fourth-order valence-electron chi connectivity index (χ4n) is 5.30. The van der Waals surface area contributed by atoms with E-state index in [2.05, 4.69) is 0 Å². The molecule has 0 unspecified atom stereocenters. The van der Waals surface area contributed by atoms with Crippen molar-refractivity contribution in [3.8, 4) is 46.0 Å². The molecule has 4 aromatic rings. The van der Waals surface area contributed by atoms with Gasteiger partial charge in [-0.15, -0.1) is 0 Å². The van der Waals surface area contributed by atoms with Crippen molar-refractivity contribution in [1.29, 1.82) is 0 Å². The van der Waals surface area contributed by atoms with E-state index in [4.69, 9.17) is 9.47 Å². The molecule has 202 valence electrons. The maximum Gasteiger partial charge on any atom is 0.182 e. The lowest BCUT2D eigenvalue weighted by atomic mass is 9.78. The Labute approximate surface area is 226 Å². The first-order valence-electron chi connectivity index (χ1n) is 12.3. The maximum atomic E-state index is 14.1. The molecule has 0 bridgehead atoms. The number of carbonyl (C=O) groups excluding carboxylic acids is 2. The van der Waals surface area contributed by atoms with Gasteiger partial charge in [0, 0.05) is 18.2 Å². The van der Waals surface area contributed by atoms with E-state index in [0.29, 0.717) is 11.1 Å². The van der Waals surface area contributed by atoms with E-state index in [0.717, 1.165) is 12.1 Å². The third kappa shape index (κ3) is 3.97. The molecular formula is C30H22O10. The Kier molecular flexibility index (Phi) is 5.69. The molecule has 6 rings (SSSR count). The van der Waals surface area contributed by atoms with Crippen LogP contribution in [-0.4, -0.2) is 42.2 Å². The minimum Gasteiger partial charge on any atom is -0.508 e. The second-order valence-electron chi connectivity index (χ2n) is 9.67. The lowest BCUT2D eigenvalue weighted by Gasteiger charge is -2.36. The van der Waals surface area contributed by atoms with Crippen LogP contribution >= 0.6 is 0 Å². The fourth-order valence-corrected chi connectivity index (χ4v) is 5.30. The summed E-state index contributed by atoms with van der Waals surface area (Å²) in [5.41, 5.74) is 0.302. The average Bonchev–Trinajstić information content (AvgIpc) is 2.89. The summed E-state index contributed by atoms with van der Waals surface area (Å²) in [6, 6.07) is 14.8. The molecule has 2 heterocycles. The summed E-state index contributed by atoms with van der Waals surface area (Å²) >= 11 is 0. The van der Waals surface area contributed by atoms with Crippen LogP contribution in [0.15, 0.2) is 66.7 Å². The van der Waals surface area contributed by atoms with Crippen molar-refractivity contribution in [2.75, 3.05) is 0 Å². The molecule has 10 heteroatoms. The molecule has 0 fully saturated rings. The molecule has 10 nitrogen and oxygen atoms in total. The molecular weight excluding hydrogens is 520 g/mol. The van der Waals surface area contributed by atoms with E-state index >= 15 is 0 Å². The lowest BCUT2D eigenvalue weighted by molar-refractivity contribution is 0.0739. The summed E-state index contributed by atoms with van der Waals surface area (Å²) in [4.78, 5) is 27.4. The van der Waals surface area contributed by atoms with Crippen molar-refractivity contribution in [3.05, 3.63) is 94.5 Å². The van der Waals surface area contributed by atoms with Gasteiger partial charge in [0.2, 0.25) is 0 Å². The first-order valence-corrected chi connectivity index (χ1v) is 12.3. The van der Waals surface area contributed by atoms with Crippen LogP contribution in [0.25, 0.3) is 0 Å². The van der Waals surface area contributed by atoms with Crippen molar-refractivity contribution in [1.82, 2.24) is 0 Å². The van der Waals surface area contributed by atoms with Gasteiger partial charge in [0.25, 0.3) is 0 Å². The summed E-state index contributed by atoms with van der Waals surface area (Å²) in [5.74, 6) is -4.97. The van der Waals surface area contributed by atoms with Crippen LogP contribution in [0, 0.1) is 0 Å². The van der Waals surface area contributed by atoms with Crippen molar-refractivity contribution in [2.24, 2.45) is 0 Å². The number of Topliss-reactive ketones (excluding diaryl/α,β-unsaturated/α-hetero) is 2. The number of fused-ring (bicyclic) bond motifs is 2. The molecule has 0 saturated carbocycles. The molecule has 0 aromatic heterocycles. The molecule has 4 aromatic carbocycles. The highest BCUT2D eigenvalue weighted by Crippen LogP contribution is 2.55. The first-order chi connectivity index (χ1) is 19.1. The molecule has 2 aliphatic heterocycles. The van der Waals surface area contributed by atoms with Gasteiger partial charge in [-0.05, 0) is 35.4 Å². The Hall–Kier alpha value is -5.38. The number of rotatable bonds is 3. The summed E-state index contributed by atoms with van der Waals surface area (Å²) in [5, 5.41) is 61.9. The molecule has 2 aliphatic rings. The van der Waals surface area contributed by atoms with E-state index in [9.17, 15) is 40.2 Å². The highest BCUT2D eigenvalue weighted by atomic mass is 16.5. The Morgan fingerprint density at radius 3 is 1.88 bits per heavy atom. The fraction of sp³-hybridized carbons (Fsp3) is 0.133. The number of benzene rings is 4. The summed E-state index contributed by atoms with van der Waals surface area (Å²) in [6.07, 6.45) is -2.20. The quantitative estimate of drug-likeness (QED) is 0.212. The second kappa shape index (κ2) is 9.12. The molecule has 3 atom stereocenters. The summed E-state index contributed by atoms with van der Waals surface area (Å²) < 4.78 is 12.3. The normalized spacial score (nSPS) is 19.8. The standard InChI is InChI=1S/C30H22O10/c31-15-5-1-13(2-6-15)22-12-21(37)24-19(35)11-20(36)26(30(24)39-22)27-28(38)25-18(34)9-17(33)10-23(25)40-29(27)14-3-7-16(32)8-4-14/h1-11,22,27,29,31-36H,12H2/t22-,27+,29-/m0/s1. The monoisotopic (exact) mass is 542 g/mol. The summed E-state index contributed by atoms with van der Waals surface area (Å²) in [7, 11) is 0.